The van der Waals surface area contributed by atoms with E-state index in [-0.39, 0.29) is 11.4 Å². The molecule has 4 aromatic rings. The molecule has 9 heteroatoms. The van der Waals surface area contributed by atoms with Gasteiger partial charge in [-0.2, -0.15) is 4.98 Å². The molecular formula is C24H24F2N6O. The van der Waals surface area contributed by atoms with E-state index in [4.69, 9.17) is 15.5 Å². The SMILES string of the molecule is COc1ccc(-c2nc(N3CCC(C)CC3)nc3nn(-c4cccc(F)c4)c(N)c23)c(F)c1. The number of nitrogens with two attached hydrogens (primary N) is 1. The Morgan fingerprint density at radius 3 is 2.55 bits per heavy atom. The van der Waals surface area contributed by atoms with Crippen LogP contribution >= 0.6 is 0 Å². The summed E-state index contributed by atoms with van der Waals surface area (Å²) >= 11 is 0. The highest BCUT2D eigenvalue weighted by molar-refractivity contribution is 5.99. The molecule has 3 heterocycles. The van der Waals surface area contributed by atoms with E-state index in [1.54, 1.807) is 24.3 Å². The van der Waals surface area contributed by atoms with Crippen molar-refractivity contribution in [1.82, 2.24) is 19.7 Å². The third-order valence-electron chi connectivity index (χ3n) is 6.11. The minimum Gasteiger partial charge on any atom is -0.497 e. The highest BCUT2D eigenvalue weighted by Crippen LogP contribution is 2.36. The maximum atomic E-state index is 15.1. The van der Waals surface area contributed by atoms with Crippen molar-refractivity contribution in [3.05, 3.63) is 54.1 Å². The summed E-state index contributed by atoms with van der Waals surface area (Å²) in [6, 6.07) is 10.5. The number of methoxy groups -OCH3 is 1. The second kappa shape index (κ2) is 8.31. The lowest BCUT2D eigenvalue weighted by molar-refractivity contribution is 0.411. The van der Waals surface area contributed by atoms with E-state index in [0.717, 1.165) is 25.9 Å². The molecule has 0 bridgehead atoms. The van der Waals surface area contributed by atoms with Crippen LogP contribution in [0.1, 0.15) is 19.8 Å². The third kappa shape index (κ3) is 3.83. The zero-order valence-corrected chi connectivity index (χ0v) is 18.4. The maximum absolute atomic E-state index is 15.1. The topological polar surface area (TPSA) is 82.1 Å². The Labute approximate surface area is 189 Å². The number of hydrogen-bond donors (Lipinski definition) is 1. The summed E-state index contributed by atoms with van der Waals surface area (Å²) < 4.78 is 35.5. The first kappa shape index (κ1) is 21.1. The Hall–Kier alpha value is -3.75. The van der Waals surface area contributed by atoms with Crippen LogP contribution in [-0.2, 0) is 0 Å². The molecule has 0 atom stereocenters. The van der Waals surface area contributed by atoms with E-state index in [1.165, 1.54) is 30.0 Å². The summed E-state index contributed by atoms with van der Waals surface area (Å²) in [5.41, 5.74) is 7.82. The summed E-state index contributed by atoms with van der Waals surface area (Å²) in [5.74, 6) is 0.803. The molecule has 0 unspecified atom stereocenters. The lowest BCUT2D eigenvalue weighted by atomic mass is 9.99. The minimum atomic E-state index is -0.495. The Kier molecular flexibility index (Phi) is 5.32. The molecule has 1 aliphatic heterocycles. The molecule has 1 fully saturated rings. The average Bonchev–Trinajstić information content (AvgIpc) is 3.15. The van der Waals surface area contributed by atoms with Gasteiger partial charge < -0.3 is 15.4 Å². The lowest BCUT2D eigenvalue weighted by Crippen LogP contribution is -2.34. The molecule has 170 valence electrons. The van der Waals surface area contributed by atoms with Gasteiger partial charge >= 0.3 is 0 Å². The van der Waals surface area contributed by atoms with Gasteiger partial charge in [-0.25, -0.2) is 18.4 Å². The normalized spacial score (nSPS) is 14.7. The van der Waals surface area contributed by atoms with E-state index < -0.39 is 11.6 Å². The number of nitrogens with zero attached hydrogens (tertiary/aromatic N) is 5. The van der Waals surface area contributed by atoms with Gasteiger partial charge in [0, 0.05) is 24.7 Å². The fourth-order valence-electron chi connectivity index (χ4n) is 4.16. The fraction of sp³-hybridized carbons (Fsp3) is 0.292. The van der Waals surface area contributed by atoms with E-state index in [2.05, 4.69) is 21.9 Å². The van der Waals surface area contributed by atoms with Crippen molar-refractivity contribution in [2.24, 2.45) is 5.92 Å². The van der Waals surface area contributed by atoms with Crippen LogP contribution in [0.3, 0.4) is 0 Å². The van der Waals surface area contributed by atoms with E-state index in [1.807, 2.05) is 0 Å². The van der Waals surface area contributed by atoms with E-state index >= 15 is 4.39 Å². The minimum absolute atomic E-state index is 0.208. The first-order valence-electron chi connectivity index (χ1n) is 10.9. The van der Waals surface area contributed by atoms with Crippen LogP contribution in [0.2, 0.25) is 0 Å². The second-order valence-electron chi connectivity index (χ2n) is 8.36. The number of fused-ring (bicyclic) bond motifs is 1. The predicted octanol–water partition coefficient (Wildman–Crippen LogP) is 4.59. The molecule has 5 rings (SSSR count). The molecule has 1 aliphatic rings. The van der Waals surface area contributed by atoms with Crippen LogP contribution in [0.4, 0.5) is 20.5 Å². The summed E-state index contributed by atoms with van der Waals surface area (Å²) in [7, 11) is 1.48. The van der Waals surface area contributed by atoms with E-state index in [0.29, 0.717) is 40.0 Å². The van der Waals surface area contributed by atoms with Gasteiger partial charge in [0.25, 0.3) is 0 Å². The zero-order chi connectivity index (χ0) is 23.1. The van der Waals surface area contributed by atoms with E-state index in [9.17, 15) is 4.39 Å². The van der Waals surface area contributed by atoms with Crippen LogP contribution in [-0.4, -0.2) is 39.9 Å². The quantitative estimate of drug-likeness (QED) is 0.490. The number of nitrogen functional groups attached to an aromatic ring is 1. The van der Waals surface area contributed by atoms with Gasteiger partial charge in [-0.05, 0) is 49.1 Å². The summed E-state index contributed by atoms with van der Waals surface area (Å²) in [6.45, 7) is 3.83. The number of benzene rings is 2. The molecule has 0 aliphatic carbocycles. The van der Waals surface area contributed by atoms with Gasteiger partial charge in [-0.15, -0.1) is 5.10 Å². The van der Waals surface area contributed by atoms with Crippen LogP contribution in [0.5, 0.6) is 5.75 Å². The van der Waals surface area contributed by atoms with Crippen molar-refractivity contribution in [1.29, 1.82) is 0 Å². The Morgan fingerprint density at radius 2 is 1.85 bits per heavy atom. The smallest absolute Gasteiger partial charge is 0.228 e. The number of hydrogen-bond acceptors (Lipinski definition) is 6. The van der Waals surface area contributed by atoms with Crippen molar-refractivity contribution in [3.63, 3.8) is 0 Å². The van der Waals surface area contributed by atoms with Gasteiger partial charge in [0.05, 0.1) is 23.9 Å². The van der Waals surface area contributed by atoms with Crippen molar-refractivity contribution in [2.45, 2.75) is 19.8 Å². The summed E-state index contributed by atoms with van der Waals surface area (Å²) in [4.78, 5) is 11.5. The molecule has 2 aromatic heterocycles. The molecule has 1 saturated heterocycles. The van der Waals surface area contributed by atoms with Crippen LogP contribution in [0.15, 0.2) is 42.5 Å². The summed E-state index contributed by atoms with van der Waals surface area (Å²) in [5, 5.41) is 4.96. The molecule has 2 N–H and O–H groups in total. The summed E-state index contributed by atoms with van der Waals surface area (Å²) in [6.07, 6.45) is 2.04. The number of rotatable bonds is 4. The van der Waals surface area contributed by atoms with Crippen LogP contribution < -0.4 is 15.4 Å². The number of ether oxygens (including phenoxy) is 1. The Balaban J connectivity index is 1.73. The molecule has 7 nitrogen and oxygen atoms in total. The number of aromatic nitrogens is 4. The molecule has 2 aromatic carbocycles. The highest BCUT2D eigenvalue weighted by Gasteiger charge is 2.25. The van der Waals surface area contributed by atoms with Crippen molar-refractivity contribution in [2.75, 3.05) is 30.8 Å². The third-order valence-corrected chi connectivity index (χ3v) is 6.11. The van der Waals surface area contributed by atoms with Gasteiger partial charge in [0.1, 0.15) is 23.2 Å². The first-order chi connectivity index (χ1) is 15.9. The van der Waals surface area contributed by atoms with Gasteiger partial charge in [0.15, 0.2) is 5.65 Å². The average molecular weight is 450 g/mol. The molecule has 0 spiro atoms. The largest absolute Gasteiger partial charge is 0.497 e. The predicted molar refractivity (Wildman–Crippen MR) is 124 cm³/mol. The van der Waals surface area contributed by atoms with Crippen LogP contribution in [0, 0.1) is 17.6 Å². The van der Waals surface area contributed by atoms with Gasteiger partial charge in [0.2, 0.25) is 5.95 Å². The molecule has 0 saturated carbocycles. The Morgan fingerprint density at radius 1 is 1.06 bits per heavy atom. The lowest BCUT2D eigenvalue weighted by Gasteiger charge is -2.30. The number of anilines is 2. The zero-order valence-electron chi connectivity index (χ0n) is 18.4. The first-order valence-corrected chi connectivity index (χ1v) is 10.9. The van der Waals surface area contributed by atoms with Crippen molar-refractivity contribution < 1.29 is 13.5 Å². The van der Waals surface area contributed by atoms with Gasteiger partial charge in [-0.1, -0.05) is 13.0 Å². The molecule has 33 heavy (non-hydrogen) atoms. The fourth-order valence-corrected chi connectivity index (χ4v) is 4.16. The highest BCUT2D eigenvalue weighted by atomic mass is 19.1. The maximum Gasteiger partial charge on any atom is 0.228 e. The van der Waals surface area contributed by atoms with Crippen molar-refractivity contribution >= 4 is 22.8 Å². The van der Waals surface area contributed by atoms with Crippen molar-refractivity contribution in [3.8, 4) is 22.7 Å². The number of piperidine rings is 1. The standard InChI is InChI=1S/C24H24F2N6O/c1-14-8-10-31(11-9-14)24-28-21(18-7-6-17(33-2)13-19(18)26)20-22(27)32(30-23(20)29-24)16-5-3-4-15(25)12-16/h3-7,12-14H,8-11,27H2,1-2H3. The molecular weight excluding hydrogens is 426 g/mol. The van der Waals surface area contributed by atoms with Crippen LogP contribution in [0.25, 0.3) is 28.0 Å². The van der Waals surface area contributed by atoms with Gasteiger partial charge in [-0.3, -0.25) is 0 Å². The molecule has 0 radical (unpaired) electrons. The monoisotopic (exact) mass is 450 g/mol. The number of halogens is 2. The second-order valence-corrected chi connectivity index (χ2v) is 8.36. The molecule has 0 amide bonds. The Bertz CT molecular complexity index is 1330.